The topological polar surface area (TPSA) is 9.23 Å². The molecule has 1 nitrogen and oxygen atoms in total. The van der Waals surface area contributed by atoms with Crippen LogP contribution in [0.2, 0.25) is 0 Å². The van der Waals surface area contributed by atoms with Crippen molar-refractivity contribution in [3.63, 3.8) is 0 Å². The van der Waals surface area contributed by atoms with Gasteiger partial charge in [-0.15, -0.1) is 0 Å². The van der Waals surface area contributed by atoms with Crippen LogP contribution >= 0.6 is 0 Å². The summed E-state index contributed by atoms with van der Waals surface area (Å²) in [5.74, 6) is -7.28. The van der Waals surface area contributed by atoms with Crippen molar-refractivity contribution in [2.75, 3.05) is 0 Å². The smallest absolute Gasteiger partial charge is 0.313 e. The van der Waals surface area contributed by atoms with E-state index < -0.39 is 52.7 Å². The van der Waals surface area contributed by atoms with Crippen LogP contribution in [0.15, 0.2) is 72.8 Å². The predicted octanol–water partition coefficient (Wildman–Crippen LogP) is 10.7. The molecule has 0 aromatic heterocycles. The fourth-order valence-corrected chi connectivity index (χ4v) is 5.50. The molecule has 4 aromatic carbocycles. The van der Waals surface area contributed by atoms with Crippen LogP contribution in [0.1, 0.15) is 55.2 Å². The fraction of sp³-hybridized carbons (Fsp3) is 0.235. The monoisotopic (exact) mass is 602 g/mol. The molecule has 0 amide bonds. The van der Waals surface area contributed by atoms with E-state index in [1.807, 2.05) is 0 Å². The van der Waals surface area contributed by atoms with Gasteiger partial charge < -0.3 is 4.74 Å². The quantitative estimate of drug-likeness (QED) is 0.151. The number of hydrogen-bond donors (Lipinski definition) is 0. The lowest BCUT2D eigenvalue weighted by Crippen LogP contribution is -2.30. The highest BCUT2D eigenvalue weighted by Crippen LogP contribution is 2.41. The summed E-state index contributed by atoms with van der Waals surface area (Å²) in [6, 6.07) is 12.9. The van der Waals surface area contributed by atoms with E-state index in [4.69, 9.17) is 4.74 Å². The lowest BCUT2D eigenvalue weighted by atomic mass is 9.82. The van der Waals surface area contributed by atoms with E-state index in [1.165, 1.54) is 30.3 Å². The van der Waals surface area contributed by atoms with Crippen molar-refractivity contribution in [2.45, 2.75) is 50.7 Å². The van der Waals surface area contributed by atoms with Crippen LogP contribution in [0, 0.1) is 34.9 Å². The average molecular weight is 603 g/mol. The molecule has 1 fully saturated rings. The van der Waals surface area contributed by atoms with Crippen LogP contribution in [-0.4, -0.2) is 6.10 Å². The Balaban J connectivity index is 1.25. The van der Waals surface area contributed by atoms with E-state index in [0.717, 1.165) is 18.2 Å². The van der Waals surface area contributed by atoms with Gasteiger partial charge in [-0.25, -0.2) is 26.3 Å². The summed E-state index contributed by atoms with van der Waals surface area (Å²) < 4.78 is 120. The lowest BCUT2D eigenvalue weighted by molar-refractivity contribution is -0.278. The highest BCUT2D eigenvalue weighted by Gasteiger charge is 2.40. The number of benzene rings is 4. The summed E-state index contributed by atoms with van der Waals surface area (Å²) in [5, 5.41) is 0. The normalized spacial score (nSPS) is 17.5. The second kappa shape index (κ2) is 12.3. The first kappa shape index (κ1) is 30.5. The van der Waals surface area contributed by atoms with Crippen molar-refractivity contribution in [3.8, 4) is 22.3 Å². The Kier molecular flexibility index (Phi) is 8.74. The van der Waals surface area contributed by atoms with Crippen molar-refractivity contribution in [1.29, 1.82) is 0 Å². The third-order valence-corrected chi connectivity index (χ3v) is 7.69. The zero-order chi connectivity index (χ0) is 30.9. The molecule has 0 atom stereocenters. The molecule has 1 saturated carbocycles. The molecule has 0 bridgehead atoms. The summed E-state index contributed by atoms with van der Waals surface area (Å²) >= 11 is 0. The van der Waals surface area contributed by atoms with Gasteiger partial charge in [-0.1, -0.05) is 42.5 Å². The Bertz CT molecular complexity index is 1650. The first-order valence-corrected chi connectivity index (χ1v) is 13.7. The summed E-state index contributed by atoms with van der Waals surface area (Å²) in [7, 11) is 0. The second-order valence-electron chi connectivity index (χ2n) is 10.5. The maximum Gasteiger partial charge on any atom is 0.386 e. The summed E-state index contributed by atoms with van der Waals surface area (Å²) in [4.78, 5) is 0. The van der Waals surface area contributed by atoms with E-state index >= 15 is 4.39 Å². The minimum absolute atomic E-state index is 0.0878. The Morgan fingerprint density at radius 2 is 1.26 bits per heavy atom. The minimum Gasteiger partial charge on any atom is -0.313 e. The molecular formula is C34H26F8O. The Morgan fingerprint density at radius 3 is 1.86 bits per heavy atom. The molecule has 1 aliphatic rings. The molecule has 5 rings (SSSR count). The number of hydrogen-bond acceptors (Lipinski definition) is 1. The molecule has 43 heavy (non-hydrogen) atoms. The van der Waals surface area contributed by atoms with Gasteiger partial charge in [0.25, 0.3) is 0 Å². The number of ether oxygens (including phenoxy) is 1. The fourth-order valence-electron chi connectivity index (χ4n) is 5.50. The number of halogens is 8. The Labute approximate surface area is 243 Å². The molecule has 0 radical (unpaired) electrons. The van der Waals surface area contributed by atoms with Crippen LogP contribution in [0.3, 0.4) is 0 Å². The molecule has 0 unspecified atom stereocenters. The highest BCUT2D eigenvalue weighted by atomic mass is 19.3. The van der Waals surface area contributed by atoms with Crippen molar-refractivity contribution in [3.05, 3.63) is 124 Å². The third-order valence-electron chi connectivity index (χ3n) is 7.69. The maximum absolute atomic E-state index is 15.2. The van der Waals surface area contributed by atoms with Crippen LogP contribution in [-0.2, 0) is 10.8 Å². The van der Waals surface area contributed by atoms with Crippen molar-refractivity contribution in [2.24, 2.45) is 0 Å². The summed E-state index contributed by atoms with van der Waals surface area (Å²) in [6.07, 6.45) is 0.0514. The Hall–Kier alpha value is -3.98. The molecule has 0 spiro atoms. The molecule has 9 heteroatoms. The summed E-state index contributed by atoms with van der Waals surface area (Å²) in [5.41, 5.74) is 0.147. The maximum atomic E-state index is 15.2. The van der Waals surface area contributed by atoms with Crippen molar-refractivity contribution in [1.82, 2.24) is 0 Å². The number of allylic oxidation sites excluding steroid dienone is 1. The zero-order valence-electron chi connectivity index (χ0n) is 22.9. The minimum atomic E-state index is -3.81. The van der Waals surface area contributed by atoms with E-state index in [2.05, 4.69) is 0 Å². The average Bonchev–Trinajstić information content (AvgIpc) is 2.96. The van der Waals surface area contributed by atoms with Gasteiger partial charge in [-0.3, -0.25) is 0 Å². The predicted molar refractivity (Wildman–Crippen MR) is 148 cm³/mol. The van der Waals surface area contributed by atoms with Crippen molar-refractivity contribution < 1.29 is 39.9 Å². The standard InChI is InChI=1S/C34H26F8O/c1-2-3-19-4-13-27(30(37)14-19)34(41,42)43-24-9-5-20(6-10-24)21-7-11-25(28(35)15-21)22-8-12-26(29(36)16-22)23-17-31(38)33(40)32(39)18-23/h2-4,7-8,11-18,20,24H,5-6,9-10H2,1H3. The molecule has 224 valence electrons. The largest absolute Gasteiger partial charge is 0.386 e. The van der Waals surface area contributed by atoms with Gasteiger partial charge in [-0.05, 0) is 97.2 Å². The van der Waals surface area contributed by atoms with Crippen LogP contribution in [0.4, 0.5) is 35.1 Å². The molecule has 0 saturated heterocycles. The SMILES string of the molecule is CC=Cc1ccc(C(F)(F)OC2CCC(c3ccc(-c4ccc(-c5cc(F)c(F)c(F)c5)c(F)c4)c(F)c3)CC2)c(F)c1. The van der Waals surface area contributed by atoms with Gasteiger partial charge in [-0.2, -0.15) is 8.78 Å². The molecular weight excluding hydrogens is 576 g/mol. The van der Waals surface area contributed by atoms with Gasteiger partial charge in [0.2, 0.25) is 0 Å². The first-order chi connectivity index (χ1) is 20.5. The number of alkyl halides is 2. The van der Waals surface area contributed by atoms with E-state index in [1.54, 1.807) is 25.1 Å². The molecule has 0 aliphatic heterocycles. The molecule has 0 heterocycles. The van der Waals surface area contributed by atoms with Gasteiger partial charge in [0.05, 0.1) is 11.7 Å². The van der Waals surface area contributed by atoms with Gasteiger partial charge >= 0.3 is 6.11 Å². The van der Waals surface area contributed by atoms with Gasteiger partial charge in [0, 0.05) is 11.1 Å². The van der Waals surface area contributed by atoms with Crippen LogP contribution in [0.5, 0.6) is 0 Å². The van der Waals surface area contributed by atoms with Gasteiger partial charge in [0.15, 0.2) is 17.5 Å². The first-order valence-electron chi connectivity index (χ1n) is 13.7. The lowest BCUT2D eigenvalue weighted by Gasteiger charge is -2.31. The number of rotatable bonds is 7. The third kappa shape index (κ3) is 6.51. The molecule has 0 N–H and O–H groups in total. The van der Waals surface area contributed by atoms with Crippen LogP contribution < -0.4 is 0 Å². The molecule has 4 aromatic rings. The van der Waals surface area contributed by atoms with Gasteiger partial charge in [0.1, 0.15) is 17.5 Å². The van der Waals surface area contributed by atoms with Crippen LogP contribution in [0.25, 0.3) is 28.3 Å². The zero-order valence-corrected chi connectivity index (χ0v) is 22.9. The van der Waals surface area contributed by atoms with Crippen molar-refractivity contribution >= 4 is 6.08 Å². The molecule has 1 aliphatic carbocycles. The van der Waals surface area contributed by atoms with E-state index in [0.29, 0.717) is 36.1 Å². The van der Waals surface area contributed by atoms with E-state index in [9.17, 15) is 30.7 Å². The summed E-state index contributed by atoms with van der Waals surface area (Å²) in [6.45, 7) is 1.73. The van der Waals surface area contributed by atoms with E-state index in [-0.39, 0.29) is 41.0 Å². The second-order valence-corrected chi connectivity index (χ2v) is 10.5. The highest BCUT2D eigenvalue weighted by molar-refractivity contribution is 5.71. The Morgan fingerprint density at radius 1 is 0.651 bits per heavy atom.